The molecule has 0 saturated carbocycles. The molecule has 0 radical (unpaired) electrons. The lowest BCUT2D eigenvalue weighted by Gasteiger charge is -2.05. The number of aromatic nitrogens is 1. The highest BCUT2D eigenvalue weighted by molar-refractivity contribution is 6.33. The van der Waals surface area contributed by atoms with Crippen LogP contribution in [0.5, 0.6) is 0 Å². The minimum absolute atomic E-state index is 0.000324. The zero-order valence-corrected chi connectivity index (χ0v) is 10.7. The number of rotatable bonds is 3. The van der Waals surface area contributed by atoms with Crippen LogP contribution in [0.2, 0.25) is 10.0 Å². The van der Waals surface area contributed by atoms with Gasteiger partial charge in [0.25, 0.3) is 0 Å². The van der Waals surface area contributed by atoms with Crippen molar-refractivity contribution in [2.45, 2.75) is 6.42 Å². The molecule has 5 heteroatoms. The van der Waals surface area contributed by atoms with Crippen LogP contribution in [-0.4, -0.2) is 10.8 Å². The molecule has 2 rings (SSSR count). The van der Waals surface area contributed by atoms with Crippen LogP contribution in [-0.2, 0) is 6.42 Å². The summed E-state index contributed by atoms with van der Waals surface area (Å²) in [6, 6.07) is 6.18. The fourth-order valence-electron chi connectivity index (χ4n) is 1.55. The SMILES string of the molecule is O=C(Cc1cc(Cl)ccc1Cl)c1ccncc1F. The highest BCUT2D eigenvalue weighted by atomic mass is 35.5. The number of carbonyl (C=O) groups excluding carboxylic acids is 1. The van der Waals surface area contributed by atoms with Gasteiger partial charge in [-0.15, -0.1) is 0 Å². The van der Waals surface area contributed by atoms with Crippen LogP contribution >= 0.6 is 23.2 Å². The minimum atomic E-state index is -0.638. The van der Waals surface area contributed by atoms with Crippen LogP contribution in [0, 0.1) is 5.82 Å². The molecular weight excluding hydrogens is 276 g/mol. The first kappa shape index (κ1) is 13.0. The van der Waals surface area contributed by atoms with Crippen molar-refractivity contribution in [1.82, 2.24) is 4.98 Å². The van der Waals surface area contributed by atoms with E-state index < -0.39 is 5.82 Å². The Hall–Kier alpha value is -1.45. The Kier molecular flexibility index (Phi) is 3.94. The Balaban J connectivity index is 2.27. The van der Waals surface area contributed by atoms with Crippen molar-refractivity contribution in [2.24, 2.45) is 0 Å². The molecule has 0 N–H and O–H groups in total. The Bertz CT molecular complexity index is 601. The zero-order valence-electron chi connectivity index (χ0n) is 9.16. The molecule has 0 saturated heterocycles. The smallest absolute Gasteiger partial charge is 0.170 e. The summed E-state index contributed by atoms with van der Waals surface area (Å²) in [6.07, 6.45) is 2.38. The van der Waals surface area contributed by atoms with Crippen LogP contribution in [0.1, 0.15) is 15.9 Å². The lowest BCUT2D eigenvalue weighted by atomic mass is 10.0. The van der Waals surface area contributed by atoms with E-state index in [9.17, 15) is 9.18 Å². The van der Waals surface area contributed by atoms with E-state index in [1.165, 1.54) is 12.3 Å². The van der Waals surface area contributed by atoms with E-state index in [2.05, 4.69) is 4.98 Å². The van der Waals surface area contributed by atoms with Crippen molar-refractivity contribution in [3.63, 3.8) is 0 Å². The number of Topliss-reactive ketones (excluding diaryl/α,β-unsaturated/α-hetero) is 1. The molecular formula is C13H8Cl2FNO. The number of hydrogen-bond donors (Lipinski definition) is 0. The Labute approximate surface area is 113 Å². The van der Waals surface area contributed by atoms with E-state index in [1.54, 1.807) is 18.2 Å². The number of nitrogens with zero attached hydrogens (tertiary/aromatic N) is 1. The third kappa shape index (κ3) is 2.86. The fraction of sp³-hybridized carbons (Fsp3) is 0.0769. The minimum Gasteiger partial charge on any atom is -0.294 e. The van der Waals surface area contributed by atoms with Crippen molar-refractivity contribution in [1.29, 1.82) is 0 Å². The topological polar surface area (TPSA) is 30.0 Å². The summed E-state index contributed by atoms with van der Waals surface area (Å²) in [5.74, 6) is -1.00. The third-order valence-electron chi connectivity index (χ3n) is 2.43. The Morgan fingerprint density at radius 2 is 2.06 bits per heavy atom. The van der Waals surface area contributed by atoms with Gasteiger partial charge < -0.3 is 0 Å². The maximum Gasteiger partial charge on any atom is 0.170 e. The molecule has 0 unspecified atom stereocenters. The second kappa shape index (κ2) is 5.46. The number of hydrogen-bond acceptors (Lipinski definition) is 2. The third-order valence-corrected chi connectivity index (χ3v) is 3.04. The van der Waals surface area contributed by atoms with Gasteiger partial charge in [-0.25, -0.2) is 4.39 Å². The Morgan fingerprint density at radius 3 is 2.78 bits per heavy atom. The molecule has 0 atom stereocenters. The first-order chi connectivity index (χ1) is 8.58. The van der Waals surface area contributed by atoms with E-state index in [0.29, 0.717) is 15.6 Å². The van der Waals surface area contributed by atoms with Crippen LogP contribution in [0.25, 0.3) is 0 Å². The number of carbonyl (C=O) groups is 1. The molecule has 1 heterocycles. The van der Waals surface area contributed by atoms with Crippen LogP contribution in [0.4, 0.5) is 4.39 Å². The molecule has 92 valence electrons. The van der Waals surface area contributed by atoms with Gasteiger partial charge in [-0.2, -0.15) is 0 Å². The van der Waals surface area contributed by atoms with Gasteiger partial charge in [0.15, 0.2) is 11.6 Å². The van der Waals surface area contributed by atoms with Gasteiger partial charge in [0, 0.05) is 22.7 Å². The lowest BCUT2D eigenvalue weighted by Crippen LogP contribution is -2.06. The van der Waals surface area contributed by atoms with Crippen molar-refractivity contribution < 1.29 is 9.18 Å². The molecule has 0 spiro atoms. The quantitative estimate of drug-likeness (QED) is 0.799. The summed E-state index contributed by atoms with van der Waals surface area (Å²) in [7, 11) is 0. The standard InChI is InChI=1S/C13H8Cl2FNO/c14-9-1-2-11(15)8(5-9)6-13(18)10-3-4-17-7-12(10)16/h1-5,7H,6H2. The second-order valence-electron chi connectivity index (χ2n) is 3.69. The summed E-state index contributed by atoms with van der Waals surface area (Å²) in [4.78, 5) is 15.5. The molecule has 1 aromatic heterocycles. The van der Waals surface area contributed by atoms with Crippen molar-refractivity contribution in [2.75, 3.05) is 0 Å². The second-order valence-corrected chi connectivity index (χ2v) is 4.53. The molecule has 0 aliphatic heterocycles. The average molecular weight is 284 g/mol. The van der Waals surface area contributed by atoms with Gasteiger partial charge in [-0.05, 0) is 29.8 Å². The monoisotopic (exact) mass is 283 g/mol. The van der Waals surface area contributed by atoms with Gasteiger partial charge in [0.05, 0.1) is 11.8 Å². The highest BCUT2D eigenvalue weighted by Crippen LogP contribution is 2.22. The maximum atomic E-state index is 13.4. The van der Waals surface area contributed by atoms with Gasteiger partial charge in [-0.1, -0.05) is 23.2 Å². The van der Waals surface area contributed by atoms with E-state index in [0.717, 1.165) is 6.20 Å². The van der Waals surface area contributed by atoms with Gasteiger partial charge in [0.2, 0.25) is 0 Å². The molecule has 0 aliphatic carbocycles. The normalized spacial score (nSPS) is 10.4. The summed E-state index contributed by atoms with van der Waals surface area (Å²) < 4.78 is 13.4. The summed E-state index contributed by atoms with van der Waals surface area (Å²) in [5.41, 5.74) is 0.575. The van der Waals surface area contributed by atoms with Gasteiger partial charge >= 0.3 is 0 Å². The van der Waals surface area contributed by atoms with Crippen LogP contribution in [0.3, 0.4) is 0 Å². The average Bonchev–Trinajstić information content (AvgIpc) is 2.34. The maximum absolute atomic E-state index is 13.4. The van der Waals surface area contributed by atoms with Crippen molar-refractivity contribution >= 4 is 29.0 Å². The molecule has 1 aromatic carbocycles. The number of pyridine rings is 1. The predicted molar refractivity (Wildman–Crippen MR) is 68.7 cm³/mol. The molecule has 0 amide bonds. The molecule has 2 aromatic rings. The largest absolute Gasteiger partial charge is 0.294 e. The number of benzene rings is 1. The molecule has 0 fully saturated rings. The summed E-state index contributed by atoms with van der Waals surface area (Å²) >= 11 is 11.8. The van der Waals surface area contributed by atoms with E-state index in [1.807, 2.05) is 0 Å². The summed E-state index contributed by atoms with van der Waals surface area (Å²) in [5, 5.41) is 0.916. The lowest BCUT2D eigenvalue weighted by molar-refractivity contribution is 0.0989. The highest BCUT2D eigenvalue weighted by Gasteiger charge is 2.14. The molecule has 0 bridgehead atoms. The van der Waals surface area contributed by atoms with Crippen molar-refractivity contribution in [3.05, 3.63) is 63.6 Å². The molecule has 18 heavy (non-hydrogen) atoms. The first-order valence-corrected chi connectivity index (χ1v) is 5.90. The van der Waals surface area contributed by atoms with E-state index in [-0.39, 0.29) is 17.8 Å². The predicted octanol–water partition coefficient (Wildman–Crippen LogP) is 3.95. The van der Waals surface area contributed by atoms with Gasteiger partial charge in [0.1, 0.15) is 0 Å². The fourth-order valence-corrected chi connectivity index (χ4v) is 1.93. The molecule has 2 nitrogen and oxygen atoms in total. The zero-order chi connectivity index (χ0) is 13.1. The number of ketones is 1. The summed E-state index contributed by atoms with van der Waals surface area (Å²) in [6.45, 7) is 0. The Morgan fingerprint density at radius 1 is 1.28 bits per heavy atom. The van der Waals surface area contributed by atoms with E-state index >= 15 is 0 Å². The number of halogens is 3. The van der Waals surface area contributed by atoms with Crippen LogP contribution < -0.4 is 0 Å². The molecule has 0 aliphatic rings. The first-order valence-electron chi connectivity index (χ1n) is 5.14. The van der Waals surface area contributed by atoms with Gasteiger partial charge in [-0.3, -0.25) is 9.78 Å². The van der Waals surface area contributed by atoms with E-state index in [4.69, 9.17) is 23.2 Å². The van der Waals surface area contributed by atoms with Crippen LogP contribution in [0.15, 0.2) is 36.7 Å². The van der Waals surface area contributed by atoms with Crippen molar-refractivity contribution in [3.8, 4) is 0 Å².